The number of carboxylic acid groups (broad SMARTS) is 1. The maximum Gasteiger partial charge on any atom is 0.326 e. The van der Waals surface area contributed by atoms with Gasteiger partial charge < -0.3 is 10.4 Å². The number of carboxylic acids is 1. The van der Waals surface area contributed by atoms with Crippen molar-refractivity contribution in [2.45, 2.75) is 32.2 Å². The summed E-state index contributed by atoms with van der Waals surface area (Å²) >= 11 is 0. The molecule has 2 aromatic heterocycles. The zero-order valence-electron chi connectivity index (χ0n) is 13.7. The van der Waals surface area contributed by atoms with E-state index in [1.54, 1.807) is 30.3 Å². The van der Waals surface area contributed by atoms with Gasteiger partial charge in [-0.05, 0) is 30.7 Å². The van der Waals surface area contributed by atoms with Gasteiger partial charge in [0.2, 0.25) is 0 Å². The maximum absolute atomic E-state index is 14.0. The van der Waals surface area contributed by atoms with Crippen LogP contribution in [0.25, 0.3) is 17.0 Å². The van der Waals surface area contributed by atoms with Crippen LogP contribution in [0.1, 0.15) is 26.2 Å². The number of benzene rings is 1. The van der Waals surface area contributed by atoms with E-state index in [1.165, 1.54) is 10.6 Å². The fourth-order valence-electron chi connectivity index (χ4n) is 2.52. The molecule has 0 saturated heterocycles. The van der Waals surface area contributed by atoms with Crippen LogP contribution in [0.2, 0.25) is 0 Å². The Morgan fingerprint density at radius 3 is 2.80 bits per heavy atom. The molecule has 0 radical (unpaired) electrons. The lowest BCUT2D eigenvalue weighted by molar-refractivity contribution is -0.138. The van der Waals surface area contributed by atoms with Gasteiger partial charge in [-0.2, -0.15) is 4.52 Å². The van der Waals surface area contributed by atoms with Crippen molar-refractivity contribution < 1.29 is 14.3 Å². The Bertz CT molecular complexity index is 896. The number of nitrogens with zero attached hydrogens (tertiary/aromatic N) is 4. The molecule has 0 spiro atoms. The van der Waals surface area contributed by atoms with Gasteiger partial charge in [-0.25, -0.2) is 9.18 Å². The fraction of sp³-hybridized carbons (Fsp3) is 0.294. The predicted molar refractivity (Wildman–Crippen MR) is 90.7 cm³/mol. The Hall–Kier alpha value is -3.03. The normalized spacial score (nSPS) is 12.2. The first kappa shape index (κ1) is 16.8. The summed E-state index contributed by atoms with van der Waals surface area (Å²) < 4.78 is 15.4. The van der Waals surface area contributed by atoms with Crippen LogP contribution in [0.3, 0.4) is 0 Å². The molecule has 1 aromatic carbocycles. The highest BCUT2D eigenvalue weighted by Gasteiger charge is 2.18. The highest BCUT2D eigenvalue weighted by atomic mass is 19.1. The summed E-state index contributed by atoms with van der Waals surface area (Å²) in [6.45, 7) is 2.00. The largest absolute Gasteiger partial charge is 0.480 e. The fourth-order valence-corrected chi connectivity index (χ4v) is 2.52. The number of unbranched alkanes of at least 4 members (excludes halogenated alkanes) is 1. The molecule has 8 heteroatoms. The summed E-state index contributed by atoms with van der Waals surface area (Å²) in [6.07, 6.45) is 2.19. The Labute approximate surface area is 143 Å². The molecule has 3 aromatic rings. The van der Waals surface area contributed by atoms with Crippen molar-refractivity contribution in [1.82, 2.24) is 19.8 Å². The van der Waals surface area contributed by atoms with Crippen LogP contribution in [-0.2, 0) is 4.79 Å². The summed E-state index contributed by atoms with van der Waals surface area (Å²) in [5.74, 6) is -0.734. The third kappa shape index (κ3) is 3.57. The molecular weight excluding hydrogens is 325 g/mol. The van der Waals surface area contributed by atoms with Gasteiger partial charge in [-0.3, -0.25) is 0 Å². The molecule has 3 rings (SSSR count). The van der Waals surface area contributed by atoms with E-state index in [1.807, 2.05) is 6.92 Å². The first-order valence-corrected chi connectivity index (χ1v) is 8.07. The van der Waals surface area contributed by atoms with E-state index in [0.717, 1.165) is 12.8 Å². The average molecular weight is 343 g/mol. The molecule has 25 heavy (non-hydrogen) atoms. The molecule has 0 amide bonds. The number of nitrogens with one attached hydrogen (secondary N) is 1. The van der Waals surface area contributed by atoms with Gasteiger partial charge in [0.25, 0.3) is 0 Å². The van der Waals surface area contributed by atoms with E-state index < -0.39 is 17.8 Å². The predicted octanol–water partition coefficient (Wildman–Crippen LogP) is 2.99. The molecule has 2 N–H and O–H groups in total. The van der Waals surface area contributed by atoms with Crippen LogP contribution >= 0.6 is 0 Å². The van der Waals surface area contributed by atoms with Crippen molar-refractivity contribution in [3.8, 4) is 11.4 Å². The molecule has 7 nitrogen and oxygen atoms in total. The van der Waals surface area contributed by atoms with Crippen molar-refractivity contribution in [2.24, 2.45) is 0 Å². The number of hydrogen-bond acceptors (Lipinski definition) is 5. The number of carbonyl (C=O) groups is 1. The molecule has 0 fully saturated rings. The molecule has 2 heterocycles. The van der Waals surface area contributed by atoms with Crippen molar-refractivity contribution in [3.63, 3.8) is 0 Å². The van der Waals surface area contributed by atoms with E-state index in [9.17, 15) is 14.3 Å². The van der Waals surface area contributed by atoms with Crippen LogP contribution in [0.4, 0.5) is 10.2 Å². The second kappa shape index (κ2) is 7.25. The van der Waals surface area contributed by atoms with E-state index in [-0.39, 0.29) is 11.4 Å². The Morgan fingerprint density at radius 1 is 1.28 bits per heavy atom. The minimum atomic E-state index is -0.937. The monoisotopic (exact) mass is 343 g/mol. The number of aromatic nitrogens is 4. The molecule has 1 atom stereocenters. The Balaban J connectivity index is 1.95. The van der Waals surface area contributed by atoms with Crippen LogP contribution in [-0.4, -0.2) is 36.9 Å². The quantitative estimate of drug-likeness (QED) is 0.685. The number of halogens is 1. The summed E-state index contributed by atoms with van der Waals surface area (Å²) in [5.41, 5.74) is 0.727. The van der Waals surface area contributed by atoms with Crippen molar-refractivity contribution in [3.05, 3.63) is 42.2 Å². The molecule has 0 aliphatic carbocycles. The molecule has 130 valence electrons. The average Bonchev–Trinajstić information content (AvgIpc) is 3.02. The van der Waals surface area contributed by atoms with Crippen molar-refractivity contribution in [2.75, 3.05) is 5.32 Å². The molecular formula is C17H18FN5O2. The van der Waals surface area contributed by atoms with E-state index >= 15 is 0 Å². The zero-order valence-corrected chi connectivity index (χ0v) is 13.7. The van der Waals surface area contributed by atoms with Crippen LogP contribution in [0.5, 0.6) is 0 Å². The minimum Gasteiger partial charge on any atom is -0.480 e. The highest BCUT2D eigenvalue weighted by Crippen LogP contribution is 2.21. The third-order valence-electron chi connectivity index (χ3n) is 3.84. The van der Waals surface area contributed by atoms with Gasteiger partial charge in [0.15, 0.2) is 11.5 Å². The highest BCUT2D eigenvalue weighted by molar-refractivity contribution is 5.76. The number of fused-ring (bicyclic) bond motifs is 1. The van der Waals surface area contributed by atoms with Crippen LogP contribution < -0.4 is 5.32 Å². The first-order valence-electron chi connectivity index (χ1n) is 8.07. The van der Waals surface area contributed by atoms with Gasteiger partial charge in [-0.15, -0.1) is 15.3 Å². The lowest BCUT2D eigenvalue weighted by Gasteiger charge is -2.14. The number of anilines is 1. The van der Waals surface area contributed by atoms with E-state index in [4.69, 9.17) is 0 Å². The standard InChI is InChI=1S/C17H18FN5O2/c1-2-3-8-13(17(24)25)19-14-9-10-15-20-21-16(23(15)22-14)11-6-4-5-7-12(11)18/h4-7,9-10,13H,2-3,8H2,1H3,(H,19,22)(H,24,25)/t13-/m0/s1. The van der Waals surface area contributed by atoms with Gasteiger partial charge >= 0.3 is 5.97 Å². The number of hydrogen-bond donors (Lipinski definition) is 2. The van der Waals surface area contributed by atoms with Gasteiger partial charge in [-0.1, -0.05) is 31.9 Å². The van der Waals surface area contributed by atoms with Gasteiger partial charge in [0.1, 0.15) is 17.7 Å². The summed E-state index contributed by atoms with van der Waals surface area (Å²) in [4.78, 5) is 11.4. The second-order valence-electron chi connectivity index (χ2n) is 5.67. The maximum atomic E-state index is 14.0. The van der Waals surface area contributed by atoms with E-state index in [0.29, 0.717) is 17.9 Å². The SMILES string of the molecule is CCCC[C@H](Nc1ccc2nnc(-c3ccccc3F)n2n1)C(=O)O. The summed E-state index contributed by atoms with van der Waals surface area (Å²) in [7, 11) is 0. The Kier molecular flexibility index (Phi) is 4.87. The topological polar surface area (TPSA) is 92.4 Å². The lowest BCUT2D eigenvalue weighted by Crippen LogP contribution is -2.29. The second-order valence-corrected chi connectivity index (χ2v) is 5.67. The zero-order chi connectivity index (χ0) is 17.8. The summed E-state index contributed by atoms with van der Waals surface area (Å²) in [6, 6.07) is 8.78. The first-order chi connectivity index (χ1) is 12.1. The molecule has 0 aliphatic heterocycles. The van der Waals surface area contributed by atoms with Gasteiger partial charge in [0, 0.05) is 0 Å². The van der Waals surface area contributed by atoms with Crippen molar-refractivity contribution >= 4 is 17.4 Å². The van der Waals surface area contributed by atoms with Gasteiger partial charge in [0.05, 0.1) is 5.56 Å². The minimum absolute atomic E-state index is 0.261. The molecule has 0 aliphatic rings. The lowest BCUT2D eigenvalue weighted by atomic mass is 10.1. The van der Waals surface area contributed by atoms with Crippen LogP contribution in [0, 0.1) is 5.82 Å². The van der Waals surface area contributed by atoms with Crippen molar-refractivity contribution in [1.29, 1.82) is 0 Å². The smallest absolute Gasteiger partial charge is 0.326 e. The molecule has 0 unspecified atom stereocenters. The van der Waals surface area contributed by atoms with E-state index in [2.05, 4.69) is 20.6 Å². The molecule has 0 bridgehead atoms. The Morgan fingerprint density at radius 2 is 2.08 bits per heavy atom. The summed E-state index contributed by atoms with van der Waals surface area (Å²) in [5, 5.41) is 24.6. The molecule has 0 saturated carbocycles. The number of aliphatic carboxylic acids is 1. The third-order valence-corrected chi connectivity index (χ3v) is 3.84. The number of rotatable bonds is 7. The van der Waals surface area contributed by atoms with Crippen LogP contribution in [0.15, 0.2) is 36.4 Å².